The Morgan fingerprint density at radius 2 is 1.57 bits per heavy atom. The van der Waals surface area contributed by atoms with Gasteiger partial charge in [-0.15, -0.1) is 0 Å². The fourth-order valence-corrected chi connectivity index (χ4v) is 2.08. The molecule has 0 N–H and O–H groups in total. The summed E-state index contributed by atoms with van der Waals surface area (Å²) in [5, 5.41) is 3.50. The van der Waals surface area contributed by atoms with Crippen LogP contribution in [-0.2, 0) is 13.1 Å². The minimum atomic E-state index is -0.385. The third-order valence-electron chi connectivity index (χ3n) is 3.14. The maximum absolute atomic E-state index is 12.9. The summed E-state index contributed by atoms with van der Waals surface area (Å²) in [6.45, 7) is 2.03. The van der Waals surface area contributed by atoms with Gasteiger partial charge in [0.1, 0.15) is 11.6 Å². The number of rotatable bonds is 8. The Bertz CT molecular complexity index is 605. The molecule has 0 aliphatic rings. The Morgan fingerprint density at radius 3 is 2.00 bits per heavy atom. The highest BCUT2D eigenvalue weighted by molar-refractivity contribution is 5.07. The molecule has 120 valence electrons. The lowest BCUT2D eigenvalue weighted by molar-refractivity contribution is 0.248. The van der Waals surface area contributed by atoms with Gasteiger partial charge in [-0.3, -0.25) is 14.9 Å². The molecule has 0 bridgehead atoms. The zero-order valence-electron chi connectivity index (χ0n) is 12.4. The highest BCUT2D eigenvalue weighted by Crippen LogP contribution is 2.09. The summed E-state index contributed by atoms with van der Waals surface area (Å²) in [6.07, 6.45) is 3.01. The van der Waals surface area contributed by atoms with Crippen molar-refractivity contribution in [1.82, 2.24) is 14.9 Å². The molecule has 0 amide bonds. The fourth-order valence-electron chi connectivity index (χ4n) is 2.08. The van der Waals surface area contributed by atoms with Crippen molar-refractivity contribution in [2.75, 3.05) is 13.1 Å². The monoisotopic (exact) mass is 318 g/mol. The number of nitrogens with zero attached hydrogens (tertiary/aromatic N) is 6. The van der Waals surface area contributed by atoms with Crippen LogP contribution in [0.15, 0.2) is 41.8 Å². The van der Waals surface area contributed by atoms with Gasteiger partial charge in [0, 0.05) is 24.5 Å². The van der Waals surface area contributed by atoms with E-state index in [9.17, 15) is 8.78 Å². The maximum atomic E-state index is 12.9. The van der Waals surface area contributed by atoms with Crippen molar-refractivity contribution in [2.45, 2.75) is 19.5 Å². The Labute approximate surface area is 132 Å². The molecule has 0 atom stereocenters. The van der Waals surface area contributed by atoms with Crippen molar-refractivity contribution in [3.63, 3.8) is 0 Å². The first-order chi connectivity index (χ1) is 11.2. The maximum Gasteiger partial charge on any atom is 0.141 e. The van der Waals surface area contributed by atoms with Crippen LogP contribution >= 0.6 is 0 Å². The molecule has 2 aromatic rings. The lowest BCUT2D eigenvalue weighted by atomic mass is 10.2. The molecule has 6 nitrogen and oxygen atoms in total. The summed E-state index contributed by atoms with van der Waals surface area (Å²) in [6, 6.07) is 5.95. The molecular formula is C15H16F2N6. The molecule has 0 aromatic carbocycles. The normalized spacial score (nSPS) is 10.6. The van der Waals surface area contributed by atoms with Gasteiger partial charge in [-0.25, -0.2) is 8.78 Å². The van der Waals surface area contributed by atoms with Crippen LogP contribution in [0.1, 0.15) is 17.8 Å². The van der Waals surface area contributed by atoms with Crippen molar-refractivity contribution in [2.24, 2.45) is 5.11 Å². The zero-order chi connectivity index (χ0) is 16.5. The Morgan fingerprint density at radius 1 is 1.00 bits per heavy atom. The van der Waals surface area contributed by atoms with Crippen molar-refractivity contribution >= 4 is 0 Å². The first-order valence-electron chi connectivity index (χ1n) is 7.11. The molecule has 0 saturated carbocycles. The molecule has 0 spiro atoms. The van der Waals surface area contributed by atoms with E-state index in [4.69, 9.17) is 5.53 Å². The molecule has 0 fully saturated rings. The minimum absolute atomic E-state index is 0.385. The summed E-state index contributed by atoms with van der Waals surface area (Å²) in [7, 11) is 0. The average molecular weight is 318 g/mol. The molecule has 0 unspecified atom stereocenters. The van der Waals surface area contributed by atoms with E-state index in [1.165, 1.54) is 24.5 Å². The summed E-state index contributed by atoms with van der Waals surface area (Å²) in [4.78, 5) is 12.8. The van der Waals surface area contributed by atoms with Crippen LogP contribution in [0.2, 0.25) is 0 Å². The molecule has 2 heterocycles. The van der Waals surface area contributed by atoms with Crippen LogP contribution in [0, 0.1) is 11.6 Å². The standard InChI is InChI=1S/C15H16F2N6/c16-12-2-4-14(19-8-12)10-23(7-1-6-21-22-18)11-15-5-3-13(17)9-20-15/h2-5,8-9H,1,6-7,10-11H2. The highest BCUT2D eigenvalue weighted by Gasteiger charge is 2.09. The van der Waals surface area contributed by atoms with Crippen molar-refractivity contribution < 1.29 is 8.78 Å². The molecule has 2 aromatic heterocycles. The van der Waals surface area contributed by atoms with Gasteiger partial charge in [-0.1, -0.05) is 5.11 Å². The van der Waals surface area contributed by atoms with Crippen LogP contribution in [-0.4, -0.2) is 28.0 Å². The van der Waals surface area contributed by atoms with Gasteiger partial charge in [0.2, 0.25) is 0 Å². The summed E-state index contributed by atoms with van der Waals surface area (Å²) in [5.41, 5.74) is 9.75. The number of hydrogen-bond donors (Lipinski definition) is 0. The van der Waals surface area contributed by atoms with Crippen LogP contribution in [0.4, 0.5) is 8.78 Å². The summed E-state index contributed by atoms with van der Waals surface area (Å²) in [5.74, 6) is -0.771. The quantitative estimate of drug-likeness (QED) is 0.324. The highest BCUT2D eigenvalue weighted by atomic mass is 19.1. The van der Waals surface area contributed by atoms with E-state index in [1.54, 1.807) is 12.1 Å². The second-order valence-electron chi connectivity index (χ2n) is 4.95. The Balaban J connectivity index is 2.02. The average Bonchev–Trinajstić information content (AvgIpc) is 2.55. The van der Waals surface area contributed by atoms with E-state index in [-0.39, 0.29) is 11.6 Å². The van der Waals surface area contributed by atoms with Crippen molar-refractivity contribution in [3.05, 3.63) is 70.1 Å². The number of aromatic nitrogens is 2. The Kier molecular flexibility index (Phi) is 6.40. The van der Waals surface area contributed by atoms with Crippen LogP contribution in [0.3, 0.4) is 0 Å². The smallest absolute Gasteiger partial charge is 0.141 e. The third-order valence-corrected chi connectivity index (χ3v) is 3.14. The van der Waals surface area contributed by atoms with E-state index in [0.29, 0.717) is 32.6 Å². The first kappa shape index (κ1) is 16.8. The van der Waals surface area contributed by atoms with E-state index in [2.05, 4.69) is 20.0 Å². The second-order valence-corrected chi connectivity index (χ2v) is 4.95. The lowest BCUT2D eigenvalue weighted by Crippen LogP contribution is -2.25. The number of hydrogen-bond acceptors (Lipinski definition) is 4. The largest absolute Gasteiger partial charge is 0.292 e. The predicted molar refractivity (Wildman–Crippen MR) is 81.1 cm³/mol. The van der Waals surface area contributed by atoms with E-state index in [1.807, 2.05) is 4.90 Å². The number of azide groups is 1. The van der Waals surface area contributed by atoms with E-state index < -0.39 is 0 Å². The topological polar surface area (TPSA) is 77.8 Å². The first-order valence-corrected chi connectivity index (χ1v) is 7.11. The molecule has 0 aliphatic carbocycles. The predicted octanol–water partition coefficient (Wildman–Crippen LogP) is 3.46. The molecule has 0 saturated heterocycles. The SMILES string of the molecule is [N-]=[N+]=NCCCN(Cc1ccc(F)cn1)Cc1ccc(F)cn1. The number of halogens is 2. The molecule has 23 heavy (non-hydrogen) atoms. The zero-order valence-corrected chi connectivity index (χ0v) is 12.4. The van der Waals surface area contributed by atoms with E-state index >= 15 is 0 Å². The number of pyridine rings is 2. The molecule has 0 radical (unpaired) electrons. The van der Waals surface area contributed by atoms with Gasteiger partial charge in [0.15, 0.2) is 0 Å². The van der Waals surface area contributed by atoms with Crippen LogP contribution < -0.4 is 0 Å². The minimum Gasteiger partial charge on any atom is -0.292 e. The van der Waals surface area contributed by atoms with Gasteiger partial charge >= 0.3 is 0 Å². The Hall–Kier alpha value is -2.57. The van der Waals surface area contributed by atoms with Gasteiger partial charge < -0.3 is 0 Å². The van der Waals surface area contributed by atoms with Gasteiger partial charge in [-0.2, -0.15) is 0 Å². The summed E-state index contributed by atoms with van der Waals surface area (Å²) >= 11 is 0. The summed E-state index contributed by atoms with van der Waals surface area (Å²) < 4.78 is 25.9. The second kappa shape index (κ2) is 8.77. The van der Waals surface area contributed by atoms with E-state index in [0.717, 1.165) is 11.4 Å². The molecular weight excluding hydrogens is 302 g/mol. The van der Waals surface area contributed by atoms with Crippen LogP contribution in [0.5, 0.6) is 0 Å². The lowest BCUT2D eigenvalue weighted by Gasteiger charge is -2.21. The van der Waals surface area contributed by atoms with Crippen molar-refractivity contribution in [3.8, 4) is 0 Å². The molecule has 2 rings (SSSR count). The van der Waals surface area contributed by atoms with Gasteiger partial charge in [0.25, 0.3) is 0 Å². The van der Waals surface area contributed by atoms with Gasteiger partial charge in [0.05, 0.1) is 23.8 Å². The third kappa shape index (κ3) is 5.98. The molecule has 8 heteroatoms. The van der Waals surface area contributed by atoms with Crippen molar-refractivity contribution in [1.29, 1.82) is 0 Å². The van der Waals surface area contributed by atoms with Crippen LogP contribution in [0.25, 0.3) is 10.4 Å². The molecule has 0 aliphatic heterocycles. The fraction of sp³-hybridized carbons (Fsp3) is 0.333. The van der Waals surface area contributed by atoms with Gasteiger partial charge in [-0.05, 0) is 42.8 Å².